The van der Waals surface area contributed by atoms with E-state index in [2.05, 4.69) is 300 Å². The molecule has 0 unspecified atom stereocenters. The van der Waals surface area contributed by atoms with Gasteiger partial charge in [-0.15, -0.1) is 0 Å². The molecule has 11 aromatic carbocycles. The van der Waals surface area contributed by atoms with E-state index in [1.54, 1.807) is 0 Å². The van der Waals surface area contributed by atoms with Gasteiger partial charge in [0.25, 0.3) is 0 Å². The summed E-state index contributed by atoms with van der Waals surface area (Å²) < 4.78 is 5.03. The molecule has 4 heteroatoms. The number of benzene rings is 11. The second-order valence-electron chi connectivity index (χ2n) is 18.3. The van der Waals surface area contributed by atoms with Crippen molar-refractivity contribution in [1.29, 1.82) is 0 Å². The maximum absolute atomic E-state index is 2.90. The molecule has 0 aliphatic rings. The van der Waals surface area contributed by atoms with E-state index in [9.17, 15) is 0 Å². The summed E-state index contributed by atoms with van der Waals surface area (Å²) in [5.41, 5.74) is 7.06. The Hall–Kier alpha value is -8.55. The lowest BCUT2D eigenvalue weighted by molar-refractivity contribution is 1.17. The van der Waals surface area contributed by atoms with Crippen LogP contribution in [0.25, 0.3) is 55.0 Å². The second-order valence-corrected chi connectivity index (χ2v) is 25.9. The third-order valence-electron chi connectivity index (χ3n) is 14.8. The van der Waals surface area contributed by atoms with Gasteiger partial charge in [-0.1, -0.05) is 249 Å². The van der Waals surface area contributed by atoms with Crippen LogP contribution in [0.1, 0.15) is 0 Å². The van der Waals surface area contributed by atoms with Gasteiger partial charge < -0.3 is 9.13 Å². The van der Waals surface area contributed by atoms with Gasteiger partial charge in [0.1, 0.15) is 0 Å². The maximum atomic E-state index is 2.55. The van der Waals surface area contributed by atoms with Crippen LogP contribution < -0.4 is 41.5 Å². The quantitative estimate of drug-likeness (QED) is 0.0956. The molecule has 0 saturated heterocycles. The first-order chi connectivity index (χ1) is 34.8. The van der Waals surface area contributed by atoms with E-state index in [-0.39, 0.29) is 0 Å². The summed E-state index contributed by atoms with van der Waals surface area (Å²) >= 11 is 0. The third kappa shape index (κ3) is 6.31. The summed E-state index contributed by atoms with van der Waals surface area (Å²) in [4.78, 5) is 0. The average molecular weight is 925 g/mol. The Morgan fingerprint density at radius 3 is 1.00 bits per heavy atom. The summed E-state index contributed by atoms with van der Waals surface area (Å²) in [7, 11) is -5.61. The highest BCUT2D eigenvalue weighted by molar-refractivity contribution is 7.21. The Labute approximate surface area is 410 Å². The van der Waals surface area contributed by atoms with Gasteiger partial charge in [0, 0.05) is 27.2 Å². The maximum Gasteiger partial charge on any atom is 0.180 e. The Bertz CT molecular complexity index is 3770. The Morgan fingerprint density at radius 1 is 0.214 bits per heavy atom. The Morgan fingerprint density at radius 2 is 0.543 bits per heavy atom. The predicted molar refractivity (Wildman–Crippen MR) is 302 cm³/mol. The van der Waals surface area contributed by atoms with Crippen LogP contribution >= 0.6 is 0 Å². The molecule has 70 heavy (non-hydrogen) atoms. The average Bonchev–Trinajstić information content (AvgIpc) is 3.97. The molecule has 13 aromatic rings. The molecule has 0 fully saturated rings. The van der Waals surface area contributed by atoms with Crippen molar-refractivity contribution in [2.75, 3.05) is 0 Å². The molecule has 2 aromatic heterocycles. The molecule has 0 aliphatic heterocycles. The SMILES string of the molecule is c1ccc([Si](c2ccccc2)(c2ccccc2)c2ccc(-n3c4ccccc4c4c(-n5c6ccccc6c6c([Si](c7ccccc7)(c7ccccc7)c7ccccc7)cccc65)cccc43)cc2)cc1. The van der Waals surface area contributed by atoms with Gasteiger partial charge in [-0.25, -0.2) is 0 Å². The van der Waals surface area contributed by atoms with Gasteiger partial charge in [0.15, 0.2) is 16.1 Å². The second kappa shape index (κ2) is 17.2. The third-order valence-corrected chi connectivity index (χ3v) is 24.4. The molecule has 2 heterocycles. The van der Waals surface area contributed by atoms with Crippen molar-refractivity contribution in [2.45, 2.75) is 0 Å². The summed E-state index contributed by atoms with van der Waals surface area (Å²) in [5.74, 6) is 0. The van der Waals surface area contributed by atoms with Crippen LogP contribution in [0, 0.1) is 0 Å². The topological polar surface area (TPSA) is 9.86 Å². The van der Waals surface area contributed by atoms with Gasteiger partial charge in [0.2, 0.25) is 0 Å². The zero-order valence-electron chi connectivity index (χ0n) is 38.6. The van der Waals surface area contributed by atoms with E-state index < -0.39 is 16.1 Å². The minimum absolute atomic E-state index is 1.14. The van der Waals surface area contributed by atoms with E-state index in [0.29, 0.717) is 0 Å². The highest BCUT2D eigenvalue weighted by atomic mass is 28.3. The van der Waals surface area contributed by atoms with E-state index >= 15 is 0 Å². The lowest BCUT2D eigenvalue weighted by Gasteiger charge is -2.35. The van der Waals surface area contributed by atoms with Crippen molar-refractivity contribution in [2.24, 2.45) is 0 Å². The molecule has 0 aliphatic carbocycles. The van der Waals surface area contributed by atoms with Crippen LogP contribution in [0.5, 0.6) is 0 Å². The molecule has 0 N–H and O–H groups in total. The normalized spacial score (nSPS) is 12.0. The molecule has 13 rings (SSSR count). The van der Waals surface area contributed by atoms with E-state index in [1.165, 1.54) is 90.8 Å². The lowest BCUT2D eigenvalue weighted by atomic mass is 10.1. The van der Waals surface area contributed by atoms with Crippen LogP contribution in [0.4, 0.5) is 0 Å². The molecule has 2 nitrogen and oxygen atoms in total. The standard InChI is InChI=1S/C66H48N2Si2/c1-7-25-50(26-8-1)69(51-27-9-2-10-28-51,52-29-11-3-12-30-52)56-47-45-49(46-48-56)67-59-39-21-19-37-57(59)65-61(67)41-23-42-62(65)68-60-40-22-20-38-58(60)66-63(68)43-24-44-64(66)70(53-31-13-4-14-32-53,54-33-15-5-16-34-54)55-35-17-6-18-36-55/h1-48H. The van der Waals surface area contributed by atoms with Gasteiger partial charge in [-0.05, 0) is 84.0 Å². The van der Waals surface area contributed by atoms with Gasteiger partial charge >= 0.3 is 0 Å². The largest absolute Gasteiger partial charge is 0.309 e. The lowest BCUT2D eigenvalue weighted by Crippen LogP contribution is -2.74. The number of para-hydroxylation sites is 2. The smallest absolute Gasteiger partial charge is 0.180 e. The van der Waals surface area contributed by atoms with Crippen molar-refractivity contribution in [3.8, 4) is 11.4 Å². The molecule has 0 spiro atoms. The van der Waals surface area contributed by atoms with Gasteiger partial charge in [0.05, 0.1) is 27.8 Å². The van der Waals surface area contributed by atoms with E-state index in [4.69, 9.17) is 0 Å². The van der Waals surface area contributed by atoms with Crippen LogP contribution in [0.2, 0.25) is 0 Å². The highest BCUT2D eigenvalue weighted by Gasteiger charge is 2.44. The number of fused-ring (bicyclic) bond motifs is 6. The van der Waals surface area contributed by atoms with Gasteiger partial charge in [-0.3, -0.25) is 0 Å². The molecule has 330 valence electrons. The van der Waals surface area contributed by atoms with E-state index in [0.717, 1.165) is 5.69 Å². The number of hydrogen-bond acceptors (Lipinski definition) is 0. The number of hydrogen-bond donors (Lipinski definition) is 0. The summed E-state index contributed by atoms with van der Waals surface area (Å²) in [5, 5.41) is 16.0. The van der Waals surface area contributed by atoms with Crippen molar-refractivity contribution in [3.63, 3.8) is 0 Å². The molecule has 0 bridgehead atoms. The fourth-order valence-corrected chi connectivity index (χ4v) is 21.8. The minimum atomic E-state index is -2.90. The minimum Gasteiger partial charge on any atom is -0.309 e. The van der Waals surface area contributed by atoms with Crippen LogP contribution in [-0.2, 0) is 0 Å². The first-order valence-electron chi connectivity index (χ1n) is 24.3. The molecule has 0 radical (unpaired) electrons. The highest BCUT2D eigenvalue weighted by Crippen LogP contribution is 2.40. The first-order valence-corrected chi connectivity index (χ1v) is 28.3. The summed E-state index contributed by atoms with van der Waals surface area (Å²) in [6.07, 6.45) is 0. The van der Waals surface area contributed by atoms with Gasteiger partial charge in [-0.2, -0.15) is 0 Å². The Kier molecular flexibility index (Phi) is 10.2. The van der Waals surface area contributed by atoms with Crippen LogP contribution in [0.15, 0.2) is 291 Å². The van der Waals surface area contributed by atoms with E-state index in [1.807, 2.05) is 0 Å². The first kappa shape index (κ1) is 41.6. The molecule has 0 atom stereocenters. The summed E-state index contributed by atoms with van der Waals surface area (Å²) in [6, 6.07) is 109. The van der Waals surface area contributed by atoms with Crippen molar-refractivity contribution in [3.05, 3.63) is 291 Å². The number of aromatic nitrogens is 2. The zero-order chi connectivity index (χ0) is 46.5. The van der Waals surface area contributed by atoms with Crippen molar-refractivity contribution >= 4 is 101 Å². The van der Waals surface area contributed by atoms with Crippen molar-refractivity contribution in [1.82, 2.24) is 9.13 Å². The monoisotopic (exact) mass is 924 g/mol. The molecule has 0 saturated carbocycles. The molecule has 0 amide bonds. The fraction of sp³-hybridized carbons (Fsp3) is 0. The predicted octanol–water partition coefficient (Wildman–Crippen LogP) is 10.6. The summed E-state index contributed by atoms with van der Waals surface area (Å²) in [6.45, 7) is 0. The fourth-order valence-electron chi connectivity index (χ4n) is 12.0. The Balaban J connectivity index is 1.06. The van der Waals surface area contributed by atoms with Crippen LogP contribution in [-0.4, -0.2) is 25.3 Å². The number of rotatable bonds is 10. The zero-order valence-corrected chi connectivity index (χ0v) is 40.6. The molecular weight excluding hydrogens is 877 g/mol. The number of nitrogens with zero attached hydrogens (tertiary/aromatic N) is 2. The molecular formula is C66H48N2Si2. The van der Waals surface area contributed by atoms with Crippen LogP contribution in [0.3, 0.4) is 0 Å². The van der Waals surface area contributed by atoms with Crippen molar-refractivity contribution < 1.29 is 0 Å².